The van der Waals surface area contributed by atoms with E-state index in [1.165, 1.54) is 13.3 Å². The molecule has 10 nitrogen and oxygen atoms in total. The zero-order valence-electron chi connectivity index (χ0n) is 20.9. The quantitative estimate of drug-likeness (QED) is 0.308. The summed E-state index contributed by atoms with van der Waals surface area (Å²) < 4.78 is 49.9. The number of amides is 1. The zero-order valence-corrected chi connectivity index (χ0v) is 22.5. The number of nitrogens with zero attached hydrogens (tertiary/aromatic N) is 4. The second-order valence-corrected chi connectivity index (χ2v) is 10.1. The van der Waals surface area contributed by atoms with E-state index in [1.54, 1.807) is 30.8 Å². The van der Waals surface area contributed by atoms with Crippen LogP contribution in [0.2, 0.25) is 5.02 Å². The molecular formula is C23H28ClF2N7O3S. The van der Waals surface area contributed by atoms with Crippen LogP contribution in [-0.2, 0) is 15.7 Å². The number of rotatable bonds is 10. The van der Waals surface area contributed by atoms with Crippen molar-refractivity contribution in [3.63, 3.8) is 0 Å². The monoisotopic (exact) mass is 555 g/mol. The molecule has 0 saturated carbocycles. The van der Waals surface area contributed by atoms with Gasteiger partial charge in [0.1, 0.15) is 22.4 Å². The van der Waals surface area contributed by atoms with E-state index >= 15 is 0 Å². The van der Waals surface area contributed by atoms with Crippen LogP contribution in [0, 0.1) is 11.6 Å². The van der Waals surface area contributed by atoms with Crippen molar-refractivity contribution in [2.75, 3.05) is 29.4 Å². The van der Waals surface area contributed by atoms with E-state index < -0.39 is 34.4 Å². The van der Waals surface area contributed by atoms with Crippen LogP contribution in [0.5, 0.6) is 0 Å². The maximum atomic E-state index is 14.6. The number of halogens is 3. The highest BCUT2D eigenvalue weighted by Gasteiger charge is 2.24. The molecule has 14 heteroatoms. The molecule has 1 aromatic carbocycles. The number of hydrogen-bond donors (Lipinski definition) is 3. The number of methoxy groups -OCH3 is 1. The minimum Gasteiger partial charge on any atom is -0.453 e. The Morgan fingerprint density at radius 3 is 2.65 bits per heavy atom. The van der Waals surface area contributed by atoms with Crippen LogP contribution in [-0.4, -0.2) is 55.5 Å². The molecule has 200 valence electrons. The first-order valence-electron chi connectivity index (χ1n) is 11.4. The molecular weight excluding hydrogens is 528 g/mol. The van der Waals surface area contributed by atoms with Crippen molar-refractivity contribution < 1.29 is 22.5 Å². The summed E-state index contributed by atoms with van der Waals surface area (Å²) in [5.41, 5.74) is 0.901. The second kappa shape index (κ2) is 12.3. The summed E-state index contributed by atoms with van der Waals surface area (Å²) >= 11 is 6.50. The maximum Gasteiger partial charge on any atom is 0.407 e. The first kappa shape index (κ1) is 28.3. The van der Waals surface area contributed by atoms with Crippen molar-refractivity contribution in [1.29, 1.82) is 0 Å². The fourth-order valence-corrected chi connectivity index (χ4v) is 4.14. The predicted molar refractivity (Wildman–Crippen MR) is 140 cm³/mol. The molecule has 3 aromatic rings. The average molecular weight is 556 g/mol. The third kappa shape index (κ3) is 6.72. The molecule has 1 amide bonds. The fraction of sp³-hybridized carbons (Fsp3) is 0.391. The number of alkyl carbamates (subject to hydrolysis) is 1. The zero-order chi connectivity index (χ0) is 27.3. The summed E-state index contributed by atoms with van der Waals surface area (Å²) in [6.07, 6.45) is 2.70. The van der Waals surface area contributed by atoms with Gasteiger partial charge in [0.25, 0.3) is 0 Å². The van der Waals surface area contributed by atoms with Crippen LogP contribution in [0.1, 0.15) is 33.7 Å². The summed E-state index contributed by atoms with van der Waals surface area (Å²) in [6.45, 7) is 7.54. The van der Waals surface area contributed by atoms with E-state index in [4.69, 9.17) is 11.6 Å². The Labute approximate surface area is 220 Å². The summed E-state index contributed by atoms with van der Waals surface area (Å²) in [5.74, 6) is -1.96. The van der Waals surface area contributed by atoms with Crippen molar-refractivity contribution >= 4 is 40.3 Å². The van der Waals surface area contributed by atoms with Crippen molar-refractivity contribution in [2.24, 2.45) is 0 Å². The van der Waals surface area contributed by atoms with Crippen LogP contribution < -0.4 is 15.4 Å². The molecule has 2 aromatic heterocycles. The predicted octanol–water partition coefficient (Wildman–Crippen LogP) is 4.77. The van der Waals surface area contributed by atoms with E-state index in [2.05, 4.69) is 35.2 Å². The molecule has 3 N–H and O–H groups in total. The average Bonchev–Trinajstić information content (AvgIpc) is 3.33. The Hall–Kier alpha value is -3.32. The van der Waals surface area contributed by atoms with Crippen LogP contribution in [0.15, 0.2) is 24.5 Å². The number of benzene rings is 1. The van der Waals surface area contributed by atoms with Gasteiger partial charge in [-0.3, -0.25) is 4.68 Å². The van der Waals surface area contributed by atoms with E-state index in [9.17, 15) is 17.8 Å². The minimum atomic E-state index is -1.66. The number of carbonyl (C=O) groups is 1. The van der Waals surface area contributed by atoms with E-state index in [0.717, 1.165) is 6.07 Å². The Kier molecular flexibility index (Phi) is 9.38. The van der Waals surface area contributed by atoms with Gasteiger partial charge in [0.05, 0.1) is 17.8 Å². The lowest BCUT2D eigenvalue weighted by Crippen LogP contribution is -2.37. The SMILES string of the molecule is CCS(=O)Nc1c(F)c(F)cc(-c2nn(C(C)C)cc2-c2ccnc(NC[C@H](C)NC(=O)OC)n2)c1Cl. The smallest absolute Gasteiger partial charge is 0.407 e. The molecule has 37 heavy (non-hydrogen) atoms. The highest BCUT2D eigenvalue weighted by Crippen LogP contribution is 2.41. The number of carbonyl (C=O) groups excluding carboxylic acids is 1. The highest BCUT2D eigenvalue weighted by atomic mass is 35.5. The minimum absolute atomic E-state index is 0.0635. The summed E-state index contributed by atoms with van der Waals surface area (Å²) in [6, 6.07) is 2.26. The lowest BCUT2D eigenvalue weighted by atomic mass is 10.0. The molecule has 0 aliphatic carbocycles. The van der Waals surface area contributed by atoms with Crippen LogP contribution in [0.4, 0.5) is 25.2 Å². The Bertz CT molecular complexity index is 1310. The largest absolute Gasteiger partial charge is 0.453 e. The van der Waals surface area contributed by atoms with Gasteiger partial charge in [-0.1, -0.05) is 18.5 Å². The van der Waals surface area contributed by atoms with Gasteiger partial charge in [-0.15, -0.1) is 0 Å². The van der Waals surface area contributed by atoms with Gasteiger partial charge < -0.3 is 20.1 Å². The van der Waals surface area contributed by atoms with Gasteiger partial charge in [0, 0.05) is 47.9 Å². The van der Waals surface area contributed by atoms with Crippen molar-refractivity contribution in [3.05, 3.63) is 41.2 Å². The molecule has 1 unspecified atom stereocenters. The van der Waals surface area contributed by atoms with Crippen LogP contribution in [0.25, 0.3) is 22.5 Å². The van der Waals surface area contributed by atoms with Gasteiger partial charge in [-0.2, -0.15) is 5.10 Å². The maximum absolute atomic E-state index is 14.6. The molecule has 0 aliphatic rings. The number of ether oxygens (including phenoxy) is 1. The van der Waals surface area contributed by atoms with Gasteiger partial charge in [0.15, 0.2) is 11.6 Å². The number of hydrogen-bond acceptors (Lipinski definition) is 7. The lowest BCUT2D eigenvalue weighted by Gasteiger charge is -2.14. The van der Waals surface area contributed by atoms with Gasteiger partial charge in [0.2, 0.25) is 5.95 Å². The topological polar surface area (TPSA) is 123 Å². The standard InChI is InChI=1S/C23H28ClF2N7O3S/c1-6-37(35)32-21-18(24)14(9-16(25)19(21)26)20-15(11-33(31-20)12(2)3)17-7-8-27-22(30-17)28-10-13(4)29-23(34)36-5/h7-9,11-13,32H,6,10H2,1-5H3,(H,29,34)(H,27,28,30)/t13-,37?/m0/s1. The van der Waals surface area contributed by atoms with E-state index in [0.29, 0.717) is 17.8 Å². The molecule has 0 spiro atoms. The van der Waals surface area contributed by atoms with Gasteiger partial charge >= 0.3 is 6.09 Å². The van der Waals surface area contributed by atoms with Crippen molar-refractivity contribution in [1.82, 2.24) is 25.1 Å². The summed E-state index contributed by atoms with van der Waals surface area (Å²) in [5, 5.41) is 10.1. The first-order chi connectivity index (χ1) is 17.5. The molecule has 2 atom stereocenters. The van der Waals surface area contributed by atoms with E-state index in [1.807, 2.05) is 13.8 Å². The Balaban J connectivity index is 2.04. The number of anilines is 2. The summed E-state index contributed by atoms with van der Waals surface area (Å²) in [7, 11) is -0.382. The van der Waals surface area contributed by atoms with Crippen LogP contribution in [0.3, 0.4) is 0 Å². The molecule has 3 rings (SSSR count). The van der Waals surface area contributed by atoms with Crippen LogP contribution >= 0.6 is 11.6 Å². The molecule has 0 aliphatic heterocycles. The molecule has 0 radical (unpaired) electrons. The first-order valence-corrected chi connectivity index (χ1v) is 13.1. The second-order valence-electron chi connectivity index (χ2n) is 8.29. The van der Waals surface area contributed by atoms with Crippen molar-refractivity contribution in [3.8, 4) is 22.5 Å². The van der Waals surface area contributed by atoms with Crippen molar-refractivity contribution in [2.45, 2.75) is 39.8 Å². The summed E-state index contributed by atoms with van der Waals surface area (Å²) in [4.78, 5) is 20.1. The lowest BCUT2D eigenvalue weighted by molar-refractivity contribution is 0.168. The molecule has 0 fully saturated rings. The van der Waals surface area contributed by atoms with Gasteiger partial charge in [-0.25, -0.2) is 27.8 Å². The third-order valence-electron chi connectivity index (χ3n) is 5.20. The molecule has 0 saturated heterocycles. The number of nitrogens with one attached hydrogen (secondary N) is 3. The fourth-order valence-electron chi connectivity index (χ4n) is 3.24. The normalized spacial score (nSPS) is 12.8. The molecule has 2 heterocycles. The number of aromatic nitrogens is 4. The molecule has 0 bridgehead atoms. The van der Waals surface area contributed by atoms with Gasteiger partial charge in [-0.05, 0) is 32.9 Å². The Morgan fingerprint density at radius 2 is 2.00 bits per heavy atom. The van der Waals surface area contributed by atoms with E-state index in [-0.39, 0.29) is 40.1 Å². The highest BCUT2D eigenvalue weighted by molar-refractivity contribution is 7.86. The third-order valence-corrected chi connectivity index (χ3v) is 6.55. The Morgan fingerprint density at radius 1 is 1.27 bits per heavy atom.